The van der Waals surface area contributed by atoms with Crippen molar-refractivity contribution in [3.05, 3.63) is 47.0 Å². The molecule has 0 bridgehead atoms. The molecule has 0 aliphatic carbocycles. The third-order valence-electron chi connectivity index (χ3n) is 3.70. The van der Waals surface area contributed by atoms with E-state index in [2.05, 4.69) is 31.0 Å². The lowest BCUT2D eigenvalue weighted by molar-refractivity contribution is -0.107. The summed E-state index contributed by atoms with van der Waals surface area (Å²) in [6.45, 7) is 7.97. The Bertz CT molecular complexity index is 689. The van der Waals surface area contributed by atoms with E-state index in [4.69, 9.17) is 0 Å². The number of hydrogen-bond donors (Lipinski definition) is 2. The van der Waals surface area contributed by atoms with Gasteiger partial charge in [-0.3, -0.25) is 9.89 Å². The normalized spacial score (nSPS) is 13.0. The molecule has 1 aromatic heterocycles. The summed E-state index contributed by atoms with van der Waals surface area (Å²) >= 11 is 0. The van der Waals surface area contributed by atoms with Crippen molar-refractivity contribution in [1.29, 1.82) is 0 Å². The molecule has 2 N–H and O–H groups in total. The molecule has 0 spiro atoms. The summed E-state index contributed by atoms with van der Waals surface area (Å²) in [5.74, 6) is -0.492. The van der Waals surface area contributed by atoms with Crippen LogP contribution in [0.1, 0.15) is 50.6 Å². The third kappa shape index (κ3) is 3.76. The van der Waals surface area contributed by atoms with E-state index in [1.807, 2.05) is 0 Å². The van der Waals surface area contributed by atoms with Crippen molar-refractivity contribution in [1.82, 2.24) is 10.2 Å². The number of nitrogens with zero attached hydrogens (tertiary/aromatic N) is 2. The number of aliphatic hydroxyl groups excluding tert-OH is 1. The average molecular weight is 319 g/mol. The zero-order valence-electron chi connectivity index (χ0n) is 13.8. The number of carbonyl (C=O) groups excluding carboxylic acids is 1. The largest absolute Gasteiger partial charge is 0.389 e. The number of rotatable bonds is 5. The molecule has 1 unspecified atom stereocenters. The lowest BCUT2D eigenvalue weighted by Crippen LogP contribution is -2.23. The molecule has 23 heavy (non-hydrogen) atoms. The van der Waals surface area contributed by atoms with Crippen molar-refractivity contribution in [2.75, 3.05) is 4.90 Å². The lowest BCUT2D eigenvalue weighted by atomic mass is 9.89. The molecule has 1 atom stereocenters. The van der Waals surface area contributed by atoms with E-state index in [9.17, 15) is 14.3 Å². The first-order chi connectivity index (χ1) is 10.7. The summed E-state index contributed by atoms with van der Waals surface area (Å²) in [7, 11) is 0. The van der Waals surface area contributed by atoms with Gasteiger partial charge in [-0.05, 0) is 25.1 Å². The molecule has 2 aromatic rings. The van der Waals surface area contributed by atoms with E-state index >= 15 is 0 Å². The average Bonchev–Trinajstić information content (AvgIpc) is 2.93. The predicted octanol–water partition coefficient (Wildman–Crippen LogP) is 3.06. The molecule has 0 aliphatic rings. The molecule has 1 amide bonds. The Kier molecular flexibility index (Phi) is 4.85. The van der Waals surface area contributed by atoms with Crippen molar-refractivity contribution in [2.24, 2.45) is 0 Å². The van der Waals surface area contributed by atoms with Crippen molar-refractivity contribution in [2.45, 2.75) is 45.8 Å². The third-order valence-corrected chi connectivity index (χ3v) is 3.70. The van der Waals surface area contributed by atoms with Gasteiger partial charge in [-0.1, -0.05) is 20.8 Å². The number of anilines is 1. The number of aromatic nitrogens is 2. The van der Waals surface area contributed by atoms with Crippen LogP contribution >= 0.6 is 0 Å². The van der Waals surface area contributed by atoms with Crippen LogP contribution in [0.15, 0.2) is 24.4 Å². The van der Waals surface area contributed by atoms with Gasteiger partial charge in [-0.2, -0.15) is 5.10 Å². The fourth-order valence-electron chi connectivity index (χ4n) is 2.48. The Morgan fingerprint density at radius 3 is 2.70 bits per heavy atom. The summed E-state index contributed by atoms with van der Waals surface area (Å²) in [6, 6.07) is 4.27. The number of hydrogen-bond acceptors (Lipinski definition) is 3. The quantitative estimate of drug-likeness (QED) is 0.832. The van der Waals surface area contributed by atoms with Crippen LogP contribution in [0.4, 0.5) is 10.1 Å². The minimum atomic E-state index is -0.942. The van der Waals surface area contributed by atoms with Crippen molar-refractivity contribution < 1.29 is 14.3 Å². The Balaban J connectivity index is 2.33. The number of amides is 1. The van der Waals surface area contributed by atoms with Gasteiger partial charge in [0.2, 0.25) is 6.41 Å². The van der Waals surface area contributed by atoms with E-state index in [0.717, 1.165) is 11.3 Å². The smallest absolute Gasteiger partial charge is 0.214 e. The van der Waals surface area contributed by atoms with Gasteiger partial charge in [0, 0.05) is 27.9 Å². The van der Waals surface area contributed by atoms with Crippen LogP contribution in [0, 0.1) is 5.82 Å². The van der Waals surface area contributed by atoms with E-state index in [-0.39, 0.29) is 11.0 Å². The molecule has 2 rings (SSSR count). The molecule has 0 saturated heterocycles. The standard InChI is InChI=1S/C17H22FN3O2/c1-11(23)14-7-13(5-6-15(14)18)21(10-22)9-12-8-19-20-16(12)17(2,3)4/h5-8,10-11,23H,9H2,1-4H3,(H,19,20). The fraction of sp³-hybridized carbons (Fsp3) is 0.412. The second-order valence-corrected chi connectivity index (χ2v) is 6.64. The van der Waals surface area contributed by atoms with Gasteiger partial charge < -0.3 is 10.0 Å². The minimum absolute atomic E-state index is 0.131. The summed E-state index contributed by atoms with van der Waals surface area (Å²) in [6.07, 6.45) is 1.44. The number of benzene rings is 1. The summed E-state index contributed by atoms with van der Waals surface area (Å²) < 4.78 is 13.7. The molecule has 5 nitrogen and oxygen atoms in total. The molecule has 0 radical (unpaired) electrons. The van der Waals surface area contributed by atoms with Gasteiger partial charge in [0.25, 0.3) is 0 Å². The number of aromatic amines is 1. The Labute approximate surface area is 135 Å². The van der Waals surface area contributed by atoms with E-state index in [1.165, 1.54) is 30.0 Å². The predicted molar refractivity (Wildman–Crippen MR) is 86.6 cm³/mol. The minimum Gasteiger partial charge on any atom is -0.389 e. The van der Waals surface area contributed by atoms with Crippen LogP contribution in [-0.2, 0) is 16.8 Å². The topological polar surface area (TPSA) is 69.2 Å². The first-order valence-electron chi connectivity index (χ1n) is 7.46. The molecule has 1 aromatic carbocycles. The molecule has 124 valence electrons. The van der Waals surface area contributed by atoms with Crippen molar-refractivity contribution in [3.8, 4) is 0 Å². The molecular weight excluding hydrogens is 297 g/mol. The van der Waals surface area contributed by atoms with Crippen molar-refractivity contribution in [3.63, 3.8) is 0 Å². The van der Waals surface area contributed by atoms with Crippen LogP contribution in [0.3, 0.4) is 0 Å². The molecule has 0 aliphatic heterocycles. The lowest BCUT2D eigenvalue weighted by Gasteiger charge is -2.23. The monoisotopic (exact) mass is 319 g/mol. The number of aliphatic hydroxyl groups is 1. The number of H-pyrrole nitrogens is 1. The van der Waals surface area contributed by atoms with Crippen LogP contribution in [0.2, 0.25) is 0 Å². The summed E-state index contributed by atoms with van der Waals surface area (Å²) in [5.41, 5.74) is 2.40. The van der Waals surface area contributed by atoms with Crippen LogP contribution in [-0.4, -0.2) is 21.7 Å². The highest BCUT2D eigenvalue weighted by Gasteiger charge is 2.22. The maximum absolute atomic E-state index is 13.7. The van der Waals surface area contributed by atoms with Gasteiger partial charge >= 0.3 is 0 Å². The van der Waals surface area contributed by atoms with Crippen LogP contribution in [0.25, 0.3) is 0 Å². The molecule has 6 heteroatoms. The first kappa shape index (κ1) is 17.1. The van der Waals surface area contributed by atoms with Crippen LogP contribution in [0.5, 0.6) is 0 Å². The molecule has 0 saturated carbocycles. The maximum atomic E-state index is 13.7. The highest BCUT2D eigenvalue weighted by Crippen LogP contribution is 2.27. The van der Waals surface area contributed by atoms with Gasteiger partial charge in [0.15, 0.2) is 0 Å². The van der Waals surface area contributed by atoms with Gasteiger partial charge in [0.1, 0.15) is 5.82 Å². The highest BCUT2D eigenvalue weighted by atomic mass is 19.1. The second kappa shape index (κ2) is 6.50. The Morgan fingerprint density at radius 2 is 2.13 bits per heavy atom. The van der Waals surface area contributed by atoms with Gasteiger partial charge in [-0.25, -0.2) is 4.39 Å². The maximum Gasteiger partial charge on any atom is 0.214 e. The number of carbonyl (C=O) groups is 1. The molecule has 1 heterocycles. The molecule has 0 fully saturated rings. The summed E-state index contributed by atoms with van der Waals surface area (Å²) in [5, 5.41) is 16.7. The van der Waals surface area contributed by atoms with E-state index in [0.29, 0.717) is 18.6 Å². The zero-order valence-corrected chi connectivity index (χ0v) is 13.8. The van der Waals surface area contributed by atoms with Gasteiger partial charge in [-0.15, -0.1) is 0 Å². The number of nitrogens with one attached hydrogen (secondary N) is 1. The first-order valence-corrected chi connectivity index (χ1v) is 7.46. The second-order valence-electron chi connectivity index (χ2n) is 6.64. The Morgan fingerprint density at radius 1 is 1.43 bits per heavy atom. The van der Waals surface area contributed by atoms with Crippen molar-refractivity contribution >= 4 is 12.1 Å². The highest BCUT2D eigenvalue weighted by molar-refractivity contribution is 5.75. The fourth-order valence-corrected chi connectivity index (χ4v) is 2.48. The Hall–Kier alpha value is -2.21. The SMILES string of the molecule is CC(O)c1cc(N(C=O)Cc2cn[nH]c2C(C)(C)C)ccc1F. The van der Waals surface area contributed by atoms with E-state index in [1.54, 1.807) is 6.20 Å². The summed E-state index contributed by atoms with van der Waals surface area (Å²) in [4.78, 5) is 13.0. The van der Waals surface area contributed by atoms with E-state index < -0.39 is 11.9 Å². The van der Waals surface area contributed by atoms with Gasteiger partial charge in [0.05, 0.1) is 18.8 Å². The number of halogens is 1. The van der Waals surface area contributed by atoms with Crippen LogP contribution < -0.4 is 4.90 Å². The zero-order chi connectivity index (χ0) is 17.2. The molecular formula is C17H22FN3O2.